The maximum absolute atomic E-state index is 14.1. The lowest BCUT2D eigenvalue weighted by Crippen LogP contribution is -2.44. The molecule has 0 aliphatic carbocycles. The van der Waals surface area contributed by atoms with E-state index in [1.54, 1.807) is 13.8 Å². The molecule has 150 valence electrons. The van der Waals surface area contributed by atoms with Crippen LogP contribution in [0.4, 0.5) is 4.39 Å². The molecule has 0 radical (unpaired) electrons. The Morgan fingerprint density at radius 3 is 2.81 bits per heavy atom. The van der Waals surface area contributed by atoms with Gasteiger partial charge < -0.3 is 9.84 Å². The van der Waals surface area contributed by atoms with E-state index in [9.17, 15) is 12.8 Å². The second kappa shape index (κ2) is 8.61. The average molecular weight is 420 g/mol. The molecule has 1 aliphatic rings. The van der Waals surface area contributed by atoms with Crippen molar-refractivity contribution in [1.29, 1.82) is 0 Å². The van der Waals surface area contributed by atoms with E-state index in [0.29, 0.717) is 17.9 Å². The maximum Gasteiger partial charge on any atom is 0.258 e. The van der Waals surface area contributed by atoms with Crippen LogP contribution in [0.3, 0.4) is 0 Å². The lowest BCUT2D eigenvalue weighted by atomic mass is 10.2. The summed E-state index contributed by atoms with van der Waals surface area (Å²) < 4.78 is 46.4. The van der Waals surface area contributed by atoms with E-state index in [2.05, 4.69) is 25.1 Å². The largest absolute Gasteiger partial charge is 0.334 e. The van der Waals surface area contributed by atoms with Crippen molar-refractivity contribution in [1.82, 2.24) is 25.1 Å². The van der Waals surface area contributed by atoms with Gasteiger partial charge in [0.1, 0.15) is 10.7 Å². The van der Waals surface area contributed by atoms with Crippen LogP contribution in [0, 0.1) is 5.82 Å². The molecule has 0 bridgehead atoms. The van der Waals surface area contributed by atoms with Crippen molar-refractivity contribution in [3.8, 4) is 11.5 Å². The Kier molecular flexibility index (Phi) is 6.92. The SMILES string of the molecule is CC(C)NS(=O)(=O)c1cc(-c2nc(C3CNCCN3C)no2)ccc1F.Cl. The Balaban J connectivity index is 0.00000261. The molecule has 1 unspecified atom stereocenters. The van der Waals surface area contributed by atoms with Gasteiger partial charge in [0.25, 0.3) is 5.89 Å². The van der Waals surface area contributed by atoms with Gasteiger partial charge in [0.15, 0.2) is 5.82 Å². The summed E-state index contributed by atoms with van der Waals surface area (Å²) >= 11 is 0. The minimum atomic E-state index is -3.98. The summed E-state index contributed by atoms with van der Waals surface area (Å²) in [5.74, 6) is -0.179. The Hall–Kier alpha value is -1.59. The molecular formula is C16H23ClFN5O3S. The fourth-order valence-corrected chi connectivity index (χ4v) is 4.15. The predicted molar refractivity (Wildman–Crippen MR) is 101 cm³/mol. The molecule has 2 heterocycles. The number of nitrogens with zero attached hydrogens (tertiary/aromatic N) is 3. The molecule has 27 heavy (non-hydrogen) atoms. The van der Waals surface area contributed by atoms with E-state index < -0.39 is 20.7 Å². The zero-order chi connectivity index (χ0) is 18.9. The van der Waals surface area contributed by atoms with Gasteiger partial charge in [-0.15, -0.1) is 12.4 Å². The lowest BCUT2D eigenvalue weighted by molar-refractivity contribution is 0.190. The molecule has 11 heteroatoms. The summed E-state index contributed by atoms with van der Waals surface area (Å²) in [4.78, 5) is 6.04. The molecule has 1 saturated heterocycles. The van der Waals surface area contributed by atoms with Gasteiger partial charge in [-0.3, -0.25) is 4.90 Å². The molecular weight excluding hydrogens is 397 g/mol. The number of piperazine rings is 1. The normalized spacial score (nSPS) is 18.5. The summed E-state index contributed by atoms with van der Waals surface area (Å²) in [6.07, 6.45) is 0. The van der Waals surface area contributed by atoms with E-state index in [1.807, 2.05) is 7.05 Å². The Morgan fingerprint density at radius 2 is 2.15 bits per heavy atom. The number of sulfonamides is 1. The van der Waals surface area contributed by atoms with E-state index in [0.717, 1.165) is 19.2 Å². The zero-order valence-corrected chi connectivity index (χ0v) is 16.9. The van der Waals surface area contributed by atoms with Gasteiger partial charge in [0, 0.05) is 31.2 Å². The number of halogens is 2. The van der Waals surface area contributed by atoms with Crippen LogP contribution in [0.1, 0.15) is 25.7 Å². The first-order valence-corrected chi connectivity index (χ1v) is 9.83. The maximum atomic E-state index is 14.1. The lowest BCUT2D eigenvalue weighted by Gasteiger charge is -2.30. The minimum Gasteiger partial charge on any atom is -0.334 e. The summed E-state index contributed by atoms with van der Waals surface area (Å²) in [7, 11) is -2.00. The van der Waals surface area contributed by atoms with Crippen molar-refractivity contribution >= 4 is 22.4 Å². The Labute approximate surface area is 164 Å². The second-order valence-electron chi connectivity index (χ2n) is 6.58. The predicted octanol–water partition coefficient (Wildman–Crippen LogP) is 1.56. The first-order chi connectivity index (χ1) is 12.3. The minimum absolute atomic E-state index is 0. The number of rotatable bonds is 5. The van der Waals surface area contributed by atoms with Crippen LogP contribution in [-0.2, 0) is 10.0 Å². The van der Waals surface area contributed by atoms with Gasteiger partial charge >= 0.3 is 0 Å². The first kappa shape index (κ1) is 21.7. The molecule has 3 rings (SSSR count). The highest BCUT2D eigenvalue weighted by Crippen LogP contribution is 2.26. The third-order valence-electron chi connectivity index (χ3n) is 4.11. The van der Waals surface area contributed by atoms with Gasteiger partial charge in [-0.05, 0) is 39.1 Å². The number of benzene rings is 1. The van der Waals surface area contributed by atoms with Gasteiger partial charge in [-0.25, -0.2) is 17.5 Å². The first-order valence-electron chi connectivity index (χ1n) is 8.35. The summed E-state index contributed by atoms with van der Waals surface area (Å²) in [5.41, 5.74) is 0.348. The molecule has 2 aromatic rings. The van der Waals surface area contributed by atoms with E-state index in [1.165, 1.54) is 12.1 Å². The quantitative estimate of drug-likeness (QED) is 0.758. The van der Waals surface area contributed by atoms with Crippen LogP contribution in [0.5, 0.6) is 0 Å². The Bertz CT molecular complexity index is 890. The highest BCUT2D eigenvalue weighted by molar-refractivity contribution is 7.89. The van der Waals surface area contributed by atoms with Gasteiger partial charge in [0.05, 0.1) is 6.04 Å². The summed E-state index contributed by atoms with van der Waals surface area (Å²) in [5, 5.41) is 7.27. The molecule has 0 amide bonds. The van der Waals surface area contributed by atoms with E-state index in [-0.39, 0.29) is 30.4 Å². The number of likely N-dealkylation sites (N-methyl/N-ethyl adjacent to an activating group) is 1. The molecule has 1 fully saturated rings. The third kappa shape index (κ3) is 4.82. The van der Waals surface area contributed by atoms with Crippen LogP contribution >= 0.6 is 12.4 Å². The Morgan fingerprint density at radius 1 is 1.41 bits per heavy atom. The van der Waals surface area contributed by atoms with Crippen molar-refractivity contribution in [3.63, 3.8) is 0 Å². The van der Waals surface area contributed by atoms with Gasteiger partial charge in [0.2, 0.25) is 10.0 Å². The molecule has 8 nitrogen and oxygen atoms in total. The third-order valence-corrected chi connectivity index (χ3v) is 5.78. The molecule has 1 aromatic heterocycles. The van der Waals surface area contributed by atoms with Gasteiger partial charge in [-0.2, -0.15) is 4.98 Å². The fourth-order valence-electron chi connectivity index (χ4n) is 2.80. The van der Waals surface area contributed by atoms with E-state index in [4.69, 9.17) is 4.52 Å². The van der Waals surface area contributed by atoms with Crippen molar-refractivity contribution in [2.75, 3.05) is 26.7 Å². The average Bonchev–Trinajstić information content (AvgIpc) is 3.04. The number of nitrogens with one attached hydrogen (secondary N) is 2. The molecule has 1 atom stereocenters. The van der Waals surface area contributed by atoms with Crippen molar-refractivity contribution in [2.45, 2.75) is 30.8 Å². The van der Waals surface area contributed by atoms with Gasteiger partial charge in [-0.1, -0.05) is 5.16 Å². The molecule has 0 saturated carbocycles. The highest BCUT2D eigenvalue weighted by atomic mass is 35.5. The summed E-state index contributed by atoms with van der Waals surface area (Å²) in [6, 6.07) is 3.33. The number of aromatic nitrogens is 2. The van der Waals surface area contributed by atoms with Crippen LogP contribution in [0.2, 0.25) is 0 Å². The topological polar surface area (TPSA) is 100 Å². The molecule has 1 aromatic carbocycles. The summed E-state index contributed by atoms with van der Waals surface area (Å²) in [6.45, 7) is 5.77. The highest BCUT2D eigenvalue weighted by Gasteiger charge is 2.26. The fraction of sp³-hybridized carbons (Fsp3) is 0.500. The molecule has 2 N–H and O–H groups in total. The monoisotopic (exact) mass is 419 g/mol. The smallest absolute Gasteiger partial charge is 0.258 e. The zero-order valence-electron chi connectivity index (χ0n) is 15.3. The standard InChI is InChI=1S/C16H22FN5O3S.ClH/c1-10(2)21-26(23,24)14-8-11(4-5-12(14)17)16-19-15(20-25-16)13-9-18-6-7-22(13)3;/h4-5,8,10,13,18,21H,6-7,9H2,1-3H3;1H. The molecule has 0 spiro atoms. The van der Waals surface area contributed by atoms with Crippen LogP contribution in [-0.4, -0.2) is 56.2 Å². The second-order valence-corrected chi connectivity index (χ2v) is 8.26. The van der Waals surface area contributed by atoms with Crippen LogP contribution < -0.4 is 10.0 Å². The van der Waals surface area contributed by atoms with Crippen molar-refractivity contribution in [2.24, 2.45) is 0 Å². The van der Waals surface area contributed by atoms with Crippen molar-refractivity contribution in [3.05, 3.63) is 29.8 Å². The van der Waals surface area contributed by atoms with Crippen LogP contribution in [0.15, 0.2) is 27.6 Å². The van der Waals surface area contributed by atoms with E-state index >= 15 is 0 Å². The molecule has 1 aliphatic heterocycles. The number of hydrogen-bond acceptors (Lipinski definition) is 7. The van der Waals surface area contributed by atoms with Crippen LogP contribution in [0.25, 0.3) is 11.5 Å². The van der Waals surface area contributed by atoms with Crippen molar-refractivity contribution < 1.29 is 17.3 Å². The number of hydrogen-bond donors (Lipinski definition) is 2.